The predicted octanol–water partition coefficient (Wildman–Crippen LogP) is 3.55. The molecule has 1 N–H and O–H groups in total. The molecule has 0 unspecified atom stereocenters. The Morgan fingerprint density at radius 2 is 2.00 bits per heavy atom. The van der Waals surface area contributed by atoms with Crippen LogP contribution >= 0.6 is 11.6 Å². The van der Waals surface area contributed by atoms with Gasteiger partial charge in [-0.05, 0) is 12.1 Å². The largest absolute Gasteiger partial charge is 0.311 e. The van der Waals surface area contributed by atoms with Gasteiger partial charge in [-0.3, -0.25) is 20.3 Å². The molecule has 3 aromatic rings. The SMILES string of the molecule is Cn1c(=O)cc(N/N=C/c2ccc(Cl)c([N+](=O)[O-])c2)c2ccccc21. The highest BCUT2D eigenvalue weighted by Gasteiger charge is 2.12. The molecular weight excluding hydrogens is 344 g/mol. The average Bonchev–Trinajstić information content (AvgIpc) is 2.60. The fourth-order valence-electron chi connectivity index (χ4n) is 2.43. The molecule has 0 aliphatic carbocycles. The Bertz CT molecular complexity index is 1060. The predicted molar refractivity (Wildman–Crippen MR) is 98.5 cm³/mol. The Hall–Kier alpha value is -3.19. The van der Waals surface area contributed by atoms with Gasteiger partial charge >= 0.3 is 0 Å². The van der Waals surface area contributed by atoms with Crippen molar-refractivity contribution >= 4 is 40.1 Å². The zero-order valence-electron chi connectivity index (χ0n) is 13.1. The summed E-state index contributed by atoms with van der Waals surface area (Å²) in [7, 11) is 1.70. The molecule has 25 heavy (non-hydrogen) atoms. The highest BCUT2D eigenvalue weighted by molar-refractivity contribution is 6.32. The van der Waals surface area contributed by atoms with Gasteiger partial charge in [-0.1, -0.05) is 35.9 Å². The van der Waals surface area contributed by atoms with Crippen molar-refractivity contribution in [3.63, 3.8) is 0 Å². The molecule has 2 aromatic carbocycles. The van der Waals surface area contributed by atoms with E-state index in [1.54, 1.807) is 17.7 Å². The topological polar surface area (TPSA) is 89.5 Å². The molecule has 7 nitrogen and oxygen atoms in total. The first-order valence-electron chi connectivity index (χ1n) is 7.29. The highest BCUT2D eigenvalue weighted by Crippen LogP contribution is 2.24. The molecule has 3 rings (SSSR count). The second kappa shape index (κ2) is 6.74. The first-order chi connectivity index (χ1) is 12.0. The van der Waals surface area contributed by atoms with Crippen LogP contribution in [0.5, 0.6) is 0 Å². The van der Waals surface area contributed by atoms with Crippen molar-refractivity contribution in [1.29, 1.82) is 0 Å². The molecule has 0 saturated carbocycles. The number of hydrogen-bond donors (Lipinski definition) is 1. The quantitative estimate of drug-likeness (QED) is 0.440. The number of hydrogen-bond acceptors (Lipinski definition) is 5. The molecule has 0 atom stereocenters. The minimum absolute atomic E-state index is 0.0626. The minimum Gasteiger partial charge on any atom is -0.311 e. The fraction of sp³-hybridized carbons (Fsp3) is 0.0588. The van der Waals surface area contributed by atoms with Crippen LogP contribution in [-0.2, 0) is 7.05 Å². The third kappa shape index (κ3) is 3.36. The molecule has 0 bridgehead atoms. The maximum absolute atomic E-state index is 12.0. The summed E-state index contributed by atoms with van der Waals surface area (Å²) in [6.07, 6.45) is 1.43. The number of fused-ring (bicyclic) bond motifs is 1. The summed E-state index contributed by atoms with van der Waals surface area (Å²) in [4.78, 5) is 22.4. The highest BCUT2D eigenvalue weighted by atomic mass is 35.5. The number of anilines is 1. The third-order valence-electron chi connectivity index (χ3n) is 3.72. The van der Waals surface area contributed by atoms with Gasteiger partial charge < -0.3 is 4.57 Å². The van der Waals surface area contributed by atoms with Crippen LogP contribution < -0.4 is 11.0 Å². The van der Waals surface area contributed by atoms with Crippen LogP contribution in [-0.4, -0.2) is 15.7 Å². The third-order valence-corrected chi connectivity index (χ3v) is 4.04. The second-order valence-corrected chi connectivity index (χ2v) is 5.72. The van der Waals surface area contributed by atoms with Crippen molar-refractivity contribution in [3.8, 4) is 0 Å². The molecule has 0 spiro atoms. The normalized spacial score (nSPS) is 11.1. The van der Waals surface area contributed by atoms with E-state index in [-0.39, 0.29) is 16.3 Å². The molecule has 0 radical (unpaired) electrons. The van der Waals surface area contributed by atoms with E-state index in [1.165, 1.54) is 24.4 Å². The number of para-hydroxylation sites is 1. The van der Waals surface area contributed by atoms with Gasteiger partial charge in [-0.2, -0.15) is 5.10 Å². The van der Waals surface area contributed by atoms with Gasteiger partial charge in [-0.25, -0.2) is 0 Å². The monoisotopic (exact) mass is 356 g/mol. The van der Waals surface area contributed by atoms with E-state index in [9.17, 15) is 14.9 Å². The molecule has 0 aliphatic rings. The molecule has 0 saturated heterocycles. The first-order valence-corrected chi connectivity index (χ1v) is 7.67. The Kier molecular flexibility index (Phi) is 4.49. The Morgan fingerprint density at radius 1 is 1.24 bits per heavy atom. The van der Waals surface area contributed by atoms with Crippen molar-refractivity contribution in [2.45, 2.75) is 0 Å². The number of nitro benzene ring substituents is 1. The van der Waals surface area contributed by atoms with E-state index >= 15 is 0 Å². The molecule has 0 fully saturated rings. The maximum atomic E-state index is 12.0. The number of aromatic nitrogens is 1. The summed E-state index contributed by atoms with van der Waals surface area (Å²) in [5, 5.41) is 15.9. The Morgan fingerprint density at radius 3 is 2.76 bits per heavy atom. The van der Waals surface area contributed by atoms with Crippen molar-refractivity contribution in [1.82, 2.24) is 4.57 Å². The molecule has 1 aromatic heterocycles. The van der Waals surface area contributed by atoms with Crippen LogP contribution in [0.2, 0.25) is 5.02 Å². The number of halogens is 1. The van der Waals surface area contributed by atoms with Crippen LogP contribution in [0.1, 0.15) is 5.56 Å². The fourth-order valence-corrected chi connectivity index (χ4v) is 2.62. The van der Waals surface area contributed by atoms with Gasteiger partial charge in [0, 0.05) is 30.1 Å². The summed E-state index contributed by atoms with van der Waals surface area (Å²) < 4.78 is 1.55. The van der Waals surface area contributed by atoms with Gasteiger partial charge in [-0.15, -0.1) is 0 Å². The van der Waals surface area contributed by atoms with Crippen LogP contribution in [0.25, 0.3) is 10.9 Å². The van der Waals surface area contributed by atoms with Crippen LogP contribution in [0, 0.1) is 10.1 Å². The standard InChI is InChI=1S/C17H13ClN4O3/c1-21-15-5-3-2-4-12(15)14(9-17(21)23)20-19-10-11-6-7-13(18)16(8-11)22(24)25/h2-10,20H,1H3/b19-10+. The van der Waals surface area contributed by atoms with Crippen LogP contribution in [0.4, 0.5) is 11.4 Å². The average molecular weight is 357 g/mol. The molecular formula is C17H13ClN4O3. The Labute approximate surface area is 147 Å². The number of nitrogens with zero attached hydrogens (tertiary/aromatic N) is 3. The van der Waals surface area contributed by atoms with E-state index in [1.807, 2.05) is 24.3 Å². The summed E-state index contributed by atoms with van der Waals surface area (Å²) in [5.74, 6) is 0. The molecule has 8 heteroatoms. The summed E-state index contributed by atoms with van der Waals surface area (Å²) >= 11 is 5.78. The molecule has 1 heterocycles. The lowest BCUT2D eigenvalue weighted by Gasteiger charge is -2.09. The summed E-state index contributed by atoms with van der Waals surface area (Å²) in [6, 6.07) is 13.3. The van der Waals surface area contributed by atoms with Gasteiger partial charge in [0.2, 0.25) is 0 Å². The van der Waals surface area contributed by atoms with Gasteiger partial charge in [0.05, 0.1) is 22.3 Å². The second-order valence-electron chi connectivity index (χ2n) is 5.31. The van der Waals surface area contributed by atoms with E-state index in [4.69, 9.17) is 11.6 Å². The lowest BCUT2D eigenvalue weighted by Crippen LogP contribution is -2.16. The Balaban J connectivity index is 1.92. The van der Waals surface area contributed by atoms with E-state index < -0.39 is 4.92 Å². The van der Waals surface area contributed by atoms with Crippen LogP contribution in [0.3, 0.4) is 0 Å². The van der Waals surface area contributed by atoms with Crippen LogP contribution in [0.15, 0.2) is 58.4 Å². The molecule has 0 amide bonds. The summed E-state index contributed by atoms with van der Waals surface area (Å²) in [5.41, 5.74) is 4.30. The lowest BCUT2D eigenvalue weighted by atomic mass is 10.2. The summed E-state index contributed by atoms with van der Waals surface area (Å²) in [6.45, 7) is 0. The number of aryl methyl sites for hydroxylation is 1. The number of nitro groups is 1. The van der Waals surface area contributed by atoms with E-state index in [2.05, 4.69) is 10.5 Å². The van der Waals surface area contributed by atoms with Crippen molar-refractivity contribution in [2.24, 2.45) is 12.1 Å². The number of rotatable bonds is 4. The van der Waals surface area contributed by atoms with E-state index in [0.717, 1.165) is 10.9 Å². The number of benzene rings is 2. The van der Waals surface area contributed by atoms with Gasteiger partial charge in [0.1, 0.15) is 5.02 Å². The van der Waals surface area contributed by atoms with Crippen molar-refractivity contribution < 1.29 is 4.92 Å². The number of nitrogens with one attached hydrogen (secondary N) is 1. The maximum Gasteiger partial charge on any atom is 0.288 e. The number of hydrazone groups is 1. The van der Waals surface area contributed by atoms with Gasteiger partial charge in [0.15, 0.2) is 0 Å². The first kappa shape index (κ1) is 16.7. The zero-order chi connectivity index (χ0) is 18.0. The number of pyridine rings is 1. The van der Waals surface area contributed by atoms with Gasteiger partial charge in [0.25, 0.3) is 11.2 Å². The lowest BCUT2D eigenvalue weighted by molar-refractivity contribution is -0.384. The molecule has 0 aliphatic heterocycles. The van der Waals surface area contributed by atoms with Crippen molar-refractivity contribution in [3.05, 3.63) is 79.6 Å². The minimum atomic E-state index is -0.554. The zero-order valence-corrected chi connectivity index (χ0v) is 13.9. The van der Waals surface area contributed by atoms with E-state index in [0.29, 0.717) is 11.3 Å². The smallest absolute Gasteiger partial charge is 0.288 e. The molecule has 126 valence electrons. The van der Waals surface area contributed by atoms with Crippen molar-refractivity contribution in [2.75, 3.05) is 5.43 Å².